The van der Waals surface area contributed by atoms with Crippen LogP contribution in [-0.4, -0.2) is 48.9 Å². The van der Waals surface area contributed by atoms with Crippen LogP contribution in [0.5, 0.6) is 0 Å². The van der Waals surface area contributed by atoms with Crippen LogP contribution in [0.1, 0.15) is 106 Å². The highest BCUT2D eigenvalue weighted by atomic mass is 32.1. The highest BCUT2D eigenvalue weighted by molar-refractivity contribution is 7.12. The number of benzene rings is 1. The first-order valence-electron chi connectivity index (χ1n) is 16.5. The van der Waals surface area contributed by atoms with Crippen molar-refractivity contribution in [3.63, 3.8) is 0 Å². The Morgan fingerprint density at radius 2 is 1.84 bits per heavy atom. The van der Waals surface area contributed by atoms with E-state index >= 15 is 0 Å². The topological polar surface area (TPSA) is 93.7 Å². The van der Waals surface area contributed by atoms with Gasteiger partial charge in [0.15, 0.2) is 5.78 Å². The number of unbranched alkanes of at least 4 members (excludes halogenated alkanes) is 1. The van der Waals surface area contributed by atoms with E-state index in [-0.39, 0.29) is 59.5 Å². The fraction of sp³-hybridized carbons (Fsp3) is 0.629. The molecule has 9 heteroatoms. The number of Topliss-reactive ketones (excluding diaryl/α,β-unsaturated/α-hetero) is 1. The smallest absolute Gasteiger partial charge is 0.404 e. The molecule has 3 saturated carbocycles. The van der Waals surface area contributed by atoms with Crippen LogP contribution in [-0.2, 0) is 20.5 Å². The van der Waals surface area contributed by atoms with Crippen molar-refractivity contribution in [2.24, 2.45) is 29.1 Å². The highest BCUT2D eigenvalue weighted by Crippen LogP contribution is 2.65. The zero-order valence-corrected chi connectivity index (χ0v) is 28.0. The molecule has 0 unspecified atom stereocenters. The van der Waals surface area contributed by atoms with E-state index in [2.05, 4.69) is 52.2 Å². The number of aryl methyl sites for hydroxylation is 1. The second kappa shape index (κ2) is 13.5. The van der Waals surface area contributed by atoms with Gasteiger partial charge in [0.1, 0.15) is 0 Å². The van der Waals surface area contributed by atoms with E-state index in [1.165, 1.54) is 16.9 Å². The lowest BCUT2D eigenvalue weighted by Crippen LogP contribution is -2.65. The molecule has 4 fully saturated rings. The van der Waals surface area contributed by atoms with Crippen molar-refractivity contribution in [2.75, 3.05) is 6.54 Å². The van der Waals surface area contributed by atoms with Gasteiger partial charge >= 0.3 is 7.12 Å². The Labute approximate surface area is 267 Å². The summed E-state index contributed by atoms with van der Waals surface area (Å²) in [6.07, 6.45) is 6.01. The van der Waals surface area contributed by atoms with Crippen LogP contribution in [0, 0.1) is 29.1 Å². The van der Waals surface area contributed by atoms with Crippen molar-refractivity contribution in [1.82, 2.24) is 10.6 Å². The first kappa shape index (κ1) is 32.9. The first-order valence-corrected chi connectivity index (χ1v) is 17.4. The lowest BCUT2D eigenvalue weighted by Gasteiger charge is -2.64. The summed E-state index contributed by atoms with van der Waals surface area (Å²) < 4.78 is 13.3. The van der Waals surface area contributed by atoms with E-state index in [0.717, 1.165) is 32.1 Å². The molecule has 1 aromatic carbocycles. The molecule has 44 heavy (non-hydrogen) atoms. The molecule has 4 aliphatic rings. The summed E-state index contributed by atoms with van der Waals surface area (Å²) >= 11 is 1.34. The van der Waals surface area contributed by atoms with Gasteiger partial charge in [-0.1, -0.05) is 71.4 Å². The number of hydrogen-bond acceptors (Lipinski definition) is 6. The van der Waals surface area contributed by atoms with E-state index < -0.39 is 13.0 Å². The minimum atomic E-state index is -0.744. The molecule has 6 rings (SSSR count). The van der Waals surface area contributed by atoms with Gasteiger partial charge in [-0.15, -0.1) is 11.3 Å². The average molecular weight is 621 g/mol. The Morgan fingerprint density at radius 1 is 1.09 bits per heavy atom. The van der Waals surface area contributed by atoms with E-state index in [9.17, 15) is 14.4 Å². The number of amides is 2. The minimum Gasteiger partial charge on any atom is -0.404 e. The van der Waals surface area contributed by atoms with Gasteiger partial charge in [0, 0.05) is 18.5 Å². The van der Waals surface area contributed by atoms with Crippen molar-refractivity contribution in [1.29, 1.82) is 0 Å². The third-order valence-corrected chi connectivity index (χ3v) is 11.4. The van der Waals surface area contributed by atoms with Gasteiger partial charge in [-0.05, 0) is 79.2 Å². The molecular formula is C35H49BN2O5S. The molecule has 1 saturated heterocycles. The summed E-state index contributed by atoms with van der Waals surface area (Å²) in [5.41, 5.74) is 1.62. The van der Waals surface area contributed by atoms with E-state index in [1.54, 1.807) is 6.07 Å². The molecule has 2 amide bonds. The second-order valence-corrected chi connectivity index (χ2v) is 15.3. The molecule has 2 bridgehead atoms. The normalized spacial score (nSPS) is 26.4. The summed E-state index contributed by atoms with van der Waals surface area (Å²) in [6, 6.07) is 11.3. The quantitative estimate of drug-likeness (QED) is 0.186. The highest BCUT2D eigenvalue weighted by Gasteiger charge is 2.68. The van der Waals surface area contributed by atoms with Crippen molar-refractivity contribution in [3.05, 3.63) is 57.8 Å². The number of carbonyl (C=O) groups excluding carboxylic acids is 3. The van der Waals surface area contributed by atoms with Crippen molar-refractivity contribution >= 4 is 36.1 Å². The third kappa shape index (κ3) is 6.85. The Kier molecular flexibility index (Phi) is 10.1. The molecule has 2 aromatic rings. The molecule has 3 aliphatic carbocycles. The van der Waals surface area contributed by atoms with E-state index in [4.69, 9.17) is 9.31 Å². The average Bonchev–Trinajstić information content (AvgIpc) is 3.65. The minimum absolute atomic E-state index is 0.01000. The molecule has 0 spiro atoms. The SMILES string of the molecule is CCCCc1ccc(C(=O)C[C@@H](CNC(=O)c2cccs2)C(=O)N[C@@H](CC(C)C)B2O[C@@H]3C[C@H]4C[C@H](C4(C)C)[C@]3(C)O2)cc1. The fourth-order valence-corrected chi connectivity index (χ4v) is 8.31. The molecule has 1 aliphatic heterocycles. The van der Waals surface area contributed by atoms with Gasteiger partial charge in [0.25, 0.3) is 5.91 Å². The van der Waals surface area contributed by atoms with E-state index in [1.807, 2.05) is 35.7 Å². The van der Waals surface area contributed by atoms with Crippen LogP contribution < -0.4 is 10.6 Å². The van der Waals surface area contributed by atoms with Gasteiger partial charge in [0.05, 0.1) is 28.4 Å². The lowest BCUT2D eigenvalue weighted by molar-refractivity contribution is -0.199. The van der Waals surface area contributed by atoms with Gasteiger partial charge in [-0.2, -0.15) is 0 Å². The summed E-state index contributed by atoms with van der Waals surface area (Å²) in [7, 11) is -0.556. The van der Waals surface area contributed by atoms with Crippen LogP contribution in [0.4, 0.5) is 0 Å². The van der Waals surface area contributed by atoms with Gasteiger partial charge in [-0.25, -0.2) is 0 Å². The van der Waals surface area contributed by atoms with Crippen molar-refractivity contribution in [3.8, 4) is 0 Å². The number of nitrogens with one attached hydrogen (secondary N) is 2. The Morgan fingerprint density at radius 3 is 2.48 bits per heavy atom. The van der Waals surface area contributed by atoms with Crippen LogP contribution in [0.25, 0.3) is 0 Å². The summed E-state index contributed by atoms with van der Waals surface area (Å²) in [6.45, 7) is 13.3. The van der Waals surface area contributed by atoms with Gasteiger partial charge in [-0.3, -0.25) is 14.4 Å². The molecule has 1 aromatic heterocycles. The standard InChI is InChI=1S/C35H49BN2O5S/c1-7-8-10-23-12-14-24(15-13-23)27(39)18-25(21-37-33(41)28-11-9-16-44-28)32(40)38-31(17-22(2)3)36-42-30-20-26-19-29(34(26,4)5)35(30,6)43-36/h9,11-16,22,25-26,29-31H,7-8,10,17-21H2,1-6H3,(H,37,41)(H,38,40)/t25-,26+,29+,30+,31-,35-/m0/s1. The molecule has 7 nitrogen and oxygen atoms in total. The second-order valence-electron chi connectivity index (χ2n) is 14.4. The number of rotatable bonds is 14. The van der Waals surface area contributed by atoms with Crippen LogP contribution in [0.3, 0.4) is 0 Å². The lowest BCUT2D eigenvalue weighted by atomic mass is 9.43. The number of thiophene rings is 1. The molecule has 2 heterocycles. The third-order valence-electron chi connectivity index (χ3n) is 10.5. The monoisotopic (exact) mass is 620 g/mol. The Balaban J connectivity index is 1.30. The number of carbonyl (C=O) groups is 3. The zero-order chi connectivity index (χ0) is 31.6. The molecule has 2 N–H and O–H groups in total. The molecule has 238 valence electrons. The molecular weight excluding hydrogens is 571 g/mol. The van der Waals surface area contributed by atoms with Crippen LogP contribution >= 0.6 is 11.3 Å². The Hall–Kier alpha value is -2.49. The summed E-state index contributed by atoms with van der Waals surface area (Å²) in [5, 5.41) is 7.97. The fourth-order valence-electron chi connectivity index (χ4n) is 7.67. The Bertz CT molecular complexity index is 1310. The number of hydrogen-bond donors (Lipinski definition) is 2. The van der Waals surface area contributed by atoms with E-state index in [0.29, 0.717) is 28.7 Å². The largest absolute Gasteiger partial charge is 0.481 e. The first-order chi connectivity index (χ1) is 20.9. The number of ketones is 1. The predicted octanol–water partition coefficient (Wildman–Crippen LogP) is 6.51. The predicted molar refractivity (Wildman–Crippen MR) is 176 cm³/mol. The maximum atomic E-state index is 14.0. The summed E-state index contributed by atoms with van der Waals surface area (Å²) in [4.78, 5) is 40.8. The molecule has 0 radical (unpaired) electrons. The summed E-state index contributed by atoms with van der Waals surface area (Å²) in [5.74, 6) is -0.401. The zero-order valence-electron chi connectivity index (χ0n) is 27.2. The van der Waals surface area contributed by atoms with Gasteiger partial charge < -0.3 is 19.9 Å². The van der Waals surface area contributed by atoms with Gasteiger partial charge in [0.2, 0.25) is 5.91 Å². The maximum Gasteiger partial charge on any atom is 0.481 e. The van der Waals surface area contributed by atoms with Crippen LogP contribution in [0.2, 0.25) is 0 Å². The van der Waals surface area contributed by atoms with Crippen molar-refractivity contribution in [2.45, 2.75) is 104 Å². The molecule has 6 atom stereocenters. The maximum absolute atomic E-state index is 14.0. The van der Waals surface area contributed by atoms with Crippen molar-refractivity contribution < 1.29 is 23.7 Å². The van der Waals surface area contributed by atoms with Crippen LogP contribution in [0.15, 0.2) is 41.8 Å².